The van der Waals surface area contributed by atoms with E-state index in [1.807, 2.05) is 44.2 Å². The highest BCUT2D eigenvalue weighted by atomic mass is 16.8. The monoisotopic (exact) mass is 332 g/mol. The van der Waals surface area contributed by atoms with Crippen molar-refractivity contribution in [2.24, 2.45) is 0 Å². The molecule has 24 heavy (non-hydrogen) atoms. The summed E-state index contributed by atoms with van der Waals surface area (Å²) >= 11 is 0. The van der Waals surface area contributed by atoms with Gasteiger partial charge in [0.15, 0.2) is 12.1 Å². The summed E-state index contributed by atoms with van der Waals surface area (Å²) in [5, 5.41) is 0. The molecule has 3 heterocycles. The normalized spacial score (nSPS) is 36.8. The molecule has 0 N–H and O–H groups in total. The highest BCUT2D eigenvalue weighted by Gasteiger charge is 2.57. The molecule has 1 aromatic rings. The molecule has 0 aromatic heterocycles. The predicted molar refractivity (Wildman–Crippen MR) is 82.7 cm³/mol. The first-order chi connectivity index (χ1) is 11.5. The van der Waals surface area contributed by atoms with Gasteiger partial charge in [0.1, 0.15) is 24.4 Å². The van der Waals surface area contributed by atoms with Crippen molar-refractivity contribution in [3.05, 3.63) is 48.0 Å². The summed E-state index contributed by atoms with van der Waals surface area (Å²) in [7, 11) is 0. The van der Waals surface area contributed by atoms with Crippen LogP contribution in [0.3, 0.4) is 0 Å². The maximum Gasteiger partial charge on any atom is 0.331 e. The standard InChI is InChI=1S/C18H20O6/c1-18(2)23-16-15(20-10-11-6-4-3-5-7-11)14(22-17(16)24-18)12-8-9-13(19)21-12/h3-9,12,14-17H,10H2,1-2H3/t12?,14-,15-,16+,17+/m0/s1. The minimum Gasteiger partial charge on any atom is -0.452 e. The second kappa shape index (κ2) is 5.97. The van der Waals surface area contributed by atoms with Crippen LogP contribution in [-0.2, 0) is 35.1 Å². The van der Waals surface area contributed by atoms with E-state index in [1.165, 1.54) is 6.08 Å². The zero-order valence-corrected chi connectivity index (χ0v) is 13.6. The molecule has 0 spiro atoms. The van der Waals surface area contributed by atoms with Crippen LogP contribution in [0.5, 0.6) is 0 Å². The van der Waals surface area contributed by atoms with Crippen LogP contribution < -0.4 is 0 Å². The van der Waals surface area contributed by atoms with Gasteiger partial charge in [0.25, 0.3) is 0 Å². The van der Waals surface area contributed by atoms with Crippen LogP contribution in [0.15, 0.2) is 42.5 Å². The number of hydrogen-bond acceptors (Lipinski definition) is 6. The van der Waals surface area contributed by atoms with E-state index in [0.29, 0.717) is 6.61 Å². The van der Waals surface area contributed by atoms with Gasteiger partial charge in [0.2, 0.25) is 0 Å². The molecule has 0 amide bonds. The molecule has 6 heteroatoms. The summed E-state index contributed by atoms with van der Waals surface area (Å²) < 4.78 is 29.1. The molecule has 3 aliphatic rings. The van der Waals surface area contributed by atoms with E-state index in [9.17, 15) is 4.79 Å². The zero-order valence-electron chi connectivity index (χ0n) is 13.6. The molecule has 0 aliphatic carbocycles. The van der Waals surface area contributed by atoms with Gasteiger partial charge in [-0.05, 0) is 25.5 Å². The van der Waals surface area contributed by atoms with Crippen LogP contribution >= 0.6 is 0 Å². The average molecular weight is 332 g/mol. The van der Waals surface area contributed by atoms with Gasteiger partial charge in [0.05, 0.1) is 6.61 Å². The first-order valence-electron chi connectivity index (χ1n) is 8.07. The van der Waals surface area contributed by atoms with E-state index < -0.39 is 30.4 Å². The van der Waals surface area contributed by atoms with Crippen LogP contribution in [0, 0.1) is 0 Å². The Morgan fingerprint density at radius 2 is 1.92 bits per heavy atom. The van der Waals surface area contributed by atoms with Crippen molar-refractivity contribution >= 4 is 5.97 Å². The minimum atomic E-state index is -0.725. The van der Waals surface area contributed by atoms with Crippen LogP contribution in [-0.4, -0.2) is 42.5 Å². The Morgan fingerprint density at radius 1 is 1.12 bits per heavy atom. The van der Waals surface area contributed by atoms with Crippen LogP contribution in [0.4, 0.5) is 0 Å². The van der Waals surface area contributed by atoms with Crippen molar-refractivity contribution in [3.8, 4) is 0 Å². The third-order valence-corrected chi connectivity index (χ3v) is 4.31. The van der Waals surface area contributed by atoms with Crippen LogP contribution in [0.25, 0.3) is 0 Å². The van der Waals surface area contributed by atoms with Crippen molar-refractivity contribution in [1.82, 2.24) is 0 Å². The highest BCUT2D eigenvalue weighted by molar-refractivity contribution is 5.84. The Labute approximate surface area is 140 Å². The number of fused-ring (bicyclic) bond motifs is 1. The molecular formula is C18H20O6. The number of rotatable bonds is 4. The summed E-state index contributed by atoms with van der Waals surface area (Å²) in [6, 6.07) is 9.87. The molecular weight excluding hydrogens is 312 g/mol. The third kappa shape index (κ3) is 2.98. The average Bonchev–Trinajstić information content (AvgIpc) is 3.18. The Hall–Kier alpha value is -1.73. The quantitative estimate of drug-likeness (QED) is 0.785. The molecule has 2 fully saturated rings. The van der Waals surface area contributed by atoms with Gasteiger partial charge in [-0.15, -0.1) is 0 Å². The fourth-order valence-electron chi connectivity index (χ4n) is 3.29. The van der Waals surface area contributed by atoms with E-state index in [4.69, 9.17) is 23.7 Å². The molecule has 1 unspecified atom stereocenters. The van der Waals surface area contributed by atoms with Gasteiger partial charge in [-0.2, -0.15) is 0 Å². The third-order valence-electron chi connectivity index (χ3n) is 4.31. The molecule has 0 radical (unpaired) electrons. The summed E-state index contributed by atoms with van der Waals surface area (Å²) in [6.07, 6.45) is 0.874. The van der Waals surface area contributed by atoms with Crippen LogP contribution in [0.1, 0.15) is 19.4 Å². The lowest BCUT2D eigenvalue weighted by Gasteiger charge is -2.28. The number of hydrogen-bond donors (Lipinski definition) is 0. The number of carbonyl (C=O) groups is 1. The van der Waals surface area contributed by atoms with E-state index in [0.717, 1.165) is 5.56 Å². The molecule has 1 aromatic carbocycles. The SMILES string of the molecule is CC1(C)O[C@H]2O[C@@H](C3C=CC(=O)O3)[C@H](OCc3ccccc3)[C@H]2O1. The number of carbonyl (C=O) groups excluding carboxylic acids is 1. The van der Waals surface area contributed by atoms with Gasteiger partial charge >= 0.3 is 5.97 Å². The number of benzene rings is 1. The van der Waals surface area contributed by atoms with E-state index in [2.05, 4.69) is 0 Å². The zero-order chi connectivity index (χ0) is 16.7. The topological polar surface area (TPSA) is 63.2 Å². The largest absolute Gasteiger partial charge is 0.452 e. The number of ether oxygens (including phenoxy) is 5. The summed E-state index contributed by atoms with van der Waals surface area (Å²) in [6.45, 7) is 4.10. The predicted octanol–water partition coefficient (Wildman–Crippen LogP) is 1.93. The Kier molecular flexibility index (Phi) is 3.92. The molecule has 0 saturated carbocycles. The van der Waals surface area contributed by atoms with E-state index >= 15 is 0 Å². The minimum absolute atomic E-state index is 0.360. The van der Waals surface area contributed by atoms with Crippen molar-refractivity contribution in [1.29, 1.82) is 0 Å². The van der Waals surface area contributed by atoms with Crippen molar-refractivity contribution in [3.63, 3.8) is 0 Å². The molecule has 5 atom stereocenters. The molecule has 3 aliphatic heterocycles. The van der Waals surface area contributed by atoms with Crippen molar-refractivity contribution < 1.29 is 28.5 Å². The fraction of sp³-hybridized carbons (Fsp3) is 0.500. The van der Waals surface area contributed by atoms with Gasteiger partial charge in [0, 0.05) is 6.08 Å². The maximum absolute atomic E-state index is 11.4. The first-order valence-corrected chi connectivity index (χ1v) is 8.07. The Bertz CT molecular complexity index is 640. The number of esters is 1. The summed E-state index contributed by atoms with van der Waals surface area (Å²) in [5.74, 6) is -1.10. The van der Waals surface area contributed by atoms with E-state index in [1.54, 1.807) is 6.08 Å². The Morgan fingerprint density at radius 3 is 2.62 bits per heavy atom. The molecule has 0 bridgehead atoms. The lowest BCUT2D eigenvalue weighted by Crippen LogP contribution is -2.42. The molecule has 6 nitrogen and oxygen atoms in total. The maximum atomic E-state index is 11.4. The van der Waals surface area contributed by atoms with Crippen LogP contribution in [0.2, 0.25) is 0 Å². The summed E-state index contributed by atoms with van der Waals surface area (Å²) in [4.78, 5) is 11.4. The van der Waals surface area contributed by atoms with E-state index in [-0.39, 0.29) is 12.1 Å². The van der Waals surface area contributed by atoms with Crippen molar-refractivity contribution in [2.75, 3.05) is 0 Å². The second-order valence-electron chi connectivity index (χ2n) is 6.59. The lowest BCUT2D eigenvalue weighted by molar-refractivity contribution is -0.228. The first kappa shape index (κ1) is 15.8. The number of cyclic esters (lactones) is 1. The lowest BCUT2D eigenvalue weighted by atomic mass is 10.1. The molecule has 128 valence electrons. The second-order valence-corrected chi connectivity index (χ2v) is 6.59. The van der Waals surface area contributed by atoms with Gasteiger partial charge in [-0.1, -0.05) is 30.3 Å². The van der Waals surface area contributed by atoms with Crippen molar-refractivity contribution in [2.45, 2.75) is 56.9 Å². The summed E-state index contributed by atoms with van der Waals surface area (Å²) in [5.41, 5.74) is 1.05. The molecule has 4 rings (SSSR count). The van der Waals surface area contributed by atoms with Gasteiger partial charge in [-0.25, -0.2) is 4.79 Å². The van der Waals surface area contributed by atoms with Gasteiger partial charge in [-0.3, -0.25) is 0 Å². The Balaban J connectivity index is 1.51. The smallest absolute Gasteiger partial charge is 0.331 e. The highest BCUT2D eigenvalue weighted by Crippen LogP contribution is 2.41. The molecule has 2 saturated heterocycles. The van der Waals surface area contributed by atoms with Gasteiger partial charge < -0.3 is 23.7 Å². The fourth-order valence-corrected chi connectivity index (χ4v) is 3.29.